The van der Waals surface area contributed by atoms with Crippen LogP contribution in [0.3, 0.4) is 0 Å². The van der Waals surface area contributed by atoms with Crippen LogP contribution in [0.15, 0.2) is 36.4 Å². The third kappa shape index (κ3) is 2.52. The number of esters is 1. The zero-order chi connectivity index (χ0) is 13.0. The lowest BCUT2D eigenvalue weighted by atomic mass is 10.00. The van der Waals surface area contributed by atoms with Gasteiger partial charge in [-0.25, -0.2) is 0 Å². The largest absolute Gasteiger partial charge is 0.468 e. The summed E-state index contributed by atoms with van der Waals surface area (Å²) in [5.41, 5.74) is 2.10. The minimum absolute atomic E-state index is 0.124. The SMILES string of the molecule is COC(=O)CC#Cc1c(C)ccc2ccccc12. The fourth-order valence-electron chi connectivity index (χ4n) is 1.82. The van der Waals surface area contributed by atoms with E-state index in [4.69, 9.17) is 0 Å². The maximum atomic E-state index is 11.0. The lowest BCUT2D eigenvalue weighted by molar-refractivity contribution is -0.139. The minimum Gasteiger partial charge on any atom is -0.468 e. The number of hydrogen-bond donors (Lipinski definition) is 0. The molecule has 90 valence electrons. The summed E-state index contributed by atoms with van der Waals surface area (Å²) in [6.45, 7) is 2.02. The Morgan fingerprint density at radius 2 is 2.00 bits per heavy atom. The Labute approximate surface area is 107 Å². The van der Waals surface area contributed by atoms with Gasteiger partial charge in [-0.05, 0) is 23.3 Å². The van der Waals surface area contributed by atoms with E-state index >= 15 is 0 Å². The number of ether oxygens (including phenoxy) is 1. The van der Waals surface area contributed by atoms with Crippen LogP contribution in [0.5, 0.6) is 0 Å². The summed E-state index contributed by atoms with van der Waals surface area (Å²) in [4.78, 5) is 11.0. The van der Waals surface area contributed by atoms with Gasteiger partial charge in [0.2, 0.25) is 0 Å². The lowest BCUT2D eigenvalue weighted by Gasteiger charge is -2.03. The Bertz CT molecular complexity index is 645. The first-order chi connectivity index (χ1) is 8.72. The molecular weight excluding hydrogens is 224 g/mol. The number of methoxy groups -OCH3 is 1. The van der Waals surface area contributed by atoms with Crippen molar-refractivity contribution in [1.82, 2.24) is 0 Å². The van der Waals surface area contributed by atoms with Gasteiger partial charge in [-0.1, -0.05) is 48.2 Å². The van der Waals surface area contributed by atoms with E-state index in [1.165, 1.54) is 7.11 Å². The normalized spacial score (nSPS) is 9.67. The highest BCUT2D eigenvalue weighted by Crippen LogP contribution is 2.21. The van der Waals surface area contributed by atoms with Crippen molar-refractivity contribution in [2.75, 3.05) is 7.11 Å². The standard InChI is InChI=1S/C16H14O2/c1-12-10-11-13-6-3-4-7-15(13)14(12)8-5-9-16(17)18-2/h3-4,6-7,10-11H,9H2,1-2H3. The van der Waals surface area contributed by atoms with Crippen molar-refractivity contribution in [3.63, 3.8) is 0 Å². The van der Waals surface area contributed by atoms with E-state index in [0.29, 0.717) is 0 Å². The van der Waals surface area contributed by atoms with E-state index in [0.717, 1.165) is 21.9 Å². The average Bonchev–Trinajstić information content (AvgIpc) is 2.41. The number of hydrogen-bond acceptors (Lipinski definition) is 2. The molecule has 0 atom stereocenters. The van der Waals surface area contributed by atoms with Crippen molar-refractivity contribution < 1.29 is 9.53 Å². The maximum absolute atomic E-state index is 11.0. The Balaban J connectivity index is 2.43. The smallest absolute Gasteiger partial charge is 0.317 e. The predicted octanol–water partition coefficient (Wildman–Crippen LogP) is 3.06. The summed E-state index contributed by atoms with van der Waals surface area (Å²) in [6, 6.07) is 12.2. The van der Waals surface area contributed by atoms with Crippen LogP contribution in [0, 0.1) is 18.8 Å². The van der Waals surface area contributed by atoms with E-state index in [-0.39, 0.29) is 12.4 Å². The molecule has 0 fully saturated rings. The molecule has 0 saturated carbocycles. The van der Waals surface area contributed by atoms with Gasteiger partial charge in [-0.15, -0.1) is 0 Å². The molecule has 0 bridgehead atoms. The molecule has 0 aromatic heterocycles. The van der Waals surface area contributed by atoms with Gasteiger partial charge in [0.1, 0.15) is 6.42 Å². The molecule has 0 radical (unpaired) electrons. The molecule has 18 heavy (non-hydrogen) atoms. The molecule has 0 aliphatic carbocycles. The van der Waals surface area contributed by atoms with E-state index in [9.17, 15) is 4.79 Å². The second-order valence-electron chi connectivity index (χ2n) is 4.03. The van der Waals surface area contributed by atoms with Crippen LogP contribution in [0.4, 0.5) is 0 Å². The van der Waals surface area contributed by atoms with Crippen LogP contribution in [-0.2, 0) is 9.53 Å². The maximum Gasteiger partial charge on any atom is 0.317 e. The Kier molecular flexibility index (Phi) is 3.64. The van der Waals surface area contributed by atoms with E-state index in [1.807, 2.05) is 31.2 Å². The van der Waals surface area contributed by atoms with Crippen molar-refractivity contribution in [2.45, 2.75) is 13.3 Å². The van der Waals surface area contributed by atoms with E-state index in [2.05, 4.69) is 28.7 Å². The average molecular weight is 238 g/mol. The molecule has 0 saturated heterocycles. The molecule has 2 aromatic carbocycles. The topological polar surface area (TPSA) is 26.3 Å². The number of carbonyl (C=O) groups excluding carboxylic acids is 1. The first kappa shape index (κ1) is 12.2. The molecular formula is C16H14O2. The van der Waals surface area contributed by atoms with Gasteiger partial charge in [0.25, 0.3) is 0 Å². The lowest BCUT2D eigenvalue weighted by Crippen LogP contribution is -1.97. The van der Waals surface area contributed by atoms with Crippen molar-refractivity contribution in [3.05, 3.63) is 47.5 Å². The summed E-state index contributed by atoms with van der Waals surface area (Å²) >= 11 is 0. The molecule has 0 amide bonds. The monoisotopic (exact) mass is 238 g/mol. The number of rotatable bonds is 1. The molecule has 0 spiro atoms. The van der Waals surface area contributed by atoms with Crippen molar-refractivity contribution in [1.29, 1.82) is 0 Å². The predicted molar refractivity (Wildman–Crippen MR) is 72.2 cm³/mol. The molecule has 2 rings (SSSR count). The Hall–Kier alpha value is -2.27. The van der Waals surface area contributed by atoms with Crippen LogP contribution in [-0.4, -0.2) is 13.1 Å². The summed E-state index contributed by atoms with van der Waals surface area (Å²) in [5.74, 6) is 5.63. The molecule has 0 N–H and O–H groups in total. The first-order valence-electron chi connectivity index (χ1n) is 5.76. The summed E-state index contributed by atoms with van der Waals surface area (Å²) in [7, 11) is 1.37. The van der Waals surface area contributed by atoms with Gasteiger partial charge >= 0.3 is 5.97 Å². The Morgan fingerprint density at radius 3 is 2.78 bits per heavy atom. The van der Waals surface area contributed by atoms with Crippen LogP contribution >= 0.6 is 0 Å². The van der Waals surface area contributed by atoms with Crippen molar-refractivity contribution in [2.24, 2.45) is 0 Å². The van der Waals surface area contributed by atoms with Crippen LogP contribution in [0.2, 0.25) is 0 Å². The van der Waals surface area contributed by atoms with Gasteiger partial charge in [-0.3, -0.25) is 4.79 Å². The van der Waals surface area contributed by atoms with Crippen LogP contribution < -0.4 is 0 Å². The highest BCUT2D eigenvalue weighted by Gasteiger charge is 2.01. The molecule has 0 heterocycles. The quantitative estimate of drug-likeness (QED) is 0.564. The third-order valence-corrected chi connectivity index (χ3v) is 2.81. The van der Waals surface area contributed by atoms with Gasteiger partial charge in [0, 0.05) is 5.56 Å². The number of fused-ring (bicyclic) bond motifs is 1. The molecule has 2 heteroatoms. The zero-order valence-electron chi connectivity index (χ0n) is 10.5. The van der Waals surface area contributed by atoms with Gasteiger partial charge in [-0.2, -0.15) is 0 Å². The van der Waals surface area contributed by atoms with Crippen molar-refractivity contribution >= 4 is 16.7 Å². The fraction of sp³-hybridized carbons (Fsp3) is 0.188. The number of benzene rings is 2. The van der Waals surface area contributed by atoms with Gasteiger partial charge < -0.3 is 4.74 Å². The molecule has 0 aliphatic heterocycles. The second kappa shape index (κ2) is 5.37. The number of carbonyl (C=O) groups is 1. The highest BCUT2D eigenvalue weighted by atomic mass is 16.5. The molecule has 2 aromatic rings. The third-order valence-electron chi connectivity index (χ3n) is 2.81. The summed E-state index contributed by atoms with van der Waals surface area (Å²) in [5, 5.41) is 2.28. The molecule has 0 aliphatic rings. The molecule has 2 nitrogen and oxygen atoms in total. The van der Waals surface area contributed by atoms with E-state index in [1.54, 1.807) is 0 Å². The van der Waals surface area contributed by atoms with Gasteiger partial charge in [0.15, 0.2) is 0 Å². The first-order valence-corrected chi connectivity index (χ1v) is 5.76. The van der Waals surface area contributed by atoms with Crippen molar-refractivity contribution in [3.8, 4) is 11.8 Å². The summed E-state index contributed by atoms with van der Waals surface area (Å²) in [6.07, 6.45) is 0.124. The zero-order valence-corrected chi connectivity index (χ0v) is 10.5. The Morgan fingerprint density at radius 1 is 1.22 bits per heavy atom. The summed E-state index contributed by atoms with van der Waals surface area (Å²) < 4.78 is 4.56. The fourth-order valence-corrected chi connectivity index (χ4v) is 1.82. The van der Waals surface area contributed by atoms with Crippen LogP contribution in [0.1, 0.15) is 17.5 Å². The van der Waals surface area contributed by atoms with E-state index < -0.39 is 0 Å². The van der Waals surface area contributed by atoms with Crippen LogP contribution in [0.25, 0.3) is 10.8 Å². The molecule has 0 unspecified atom stereocenters. The highest BCUT2D eigenvalue weighted by molar-refractivity contribution is 5.89. The second-order valence-corrected chi connectivity index (χ2v) is 4.03. The number of aryl methyl sites for hydroxylation is 1. The minimum atomic E-state index is -0.305. The van der Waals surface area contributed by atoms with Gasteiger partial charge in [0.05, 0.1) is 7.11 Å².